The third-order valence-corrected chi connectivity index (χ3v) is 3.70. The lowest BCUT2D eigenvalue weighted by Gasteiger charge is -2.24. The van der Waals surface area contributed by atoms with Gasteiger partial charge in [0, 0.05) is 25.2 Å². The van der Waals surface area contributed by atoms with Gasteiger partial charge in [-0.25, -0.2) is 4.39 Å². The average molecular weight is 236 g/mol. The van der Waals surface area contributed by atoms with Crippen molar-refractivity contribution < 1.29 is 4.39 Å². The Morgan fingerprint density at radius 2 is 2.12 bits per heavy atom. The SMILES string of the molecule is CNC1CCN(C(C)Cc2ccc(F)cc2)C1. The van der Waals surface area contributed by atoms with E-state index in [1.54, 1.807) is 12.1 Å². The highest BCUT2D eigenvalue weighted by Gasteiger charge is 2.24. The lowest BCUT2D eigenvalue weighted by atomic mass is 10.1. The van der Waals surface area contributed by atoms with Crippen molar-refractivity contribution in [2.24, 2.45) is 0 Å². The van der Waals surface area contributed by atoms with Gasteiger partial charge in [-0.1, -0.05) is 12.1 Å². The molecule has 3 heteroatoms. The first-order chi connectivity index (χ1) is 8.19. The lowest BCUT2D eigenvalue weighted by Crippen LogP contribution is -2.36. The van der Waals surface area contributed by atoms with Crippen LogP contribution >= 0.6 is 0 Å². The van der Waals surface area contributed by atoms with Crippen molar-refractivity contribution in [3.05, 3.63) is 35.6 Å². The number of nitrogens with one attached hydrogen (secondary N) is 1. The smallest absolute Gasteiger partial charge is 0.123 e. The first-order valence-electron chi connectivity index (χ1n) is 6.35. The summed E-state index contributed by atoms with van der Waals surface area (Å²) in [6.45, 7) is 4.54. The number of hydrogen-bond acceptors (Lipinski definition) is 2. The number of halogens is 1. The molecule has 0 radical (unpaired) electrons. The normalized spacial score (nSPS) is 22.9. The number of nitrogens with zero attached hydrogens (tertiary/aromatic N) is 1. The van der Waals surface area contributed by atoms with Gasteiger partial charge < -0.3 is 5.32 Å². The minimum absolute atomic E-state index is 0.155. The molecule has 1 saturated heterocycles. The van der Waals surface area contributed by atoms with Gasteiger partial charge in [-0.2, -0.15) is 0 Å². The van der Waals surface area contributed by atoms with Crippen LogP contribution in [0.25, 0.3) is 0 Å². The summed E-state index contributed by atoms with van der Waals surface area (Å²) in [7, 11) is 2.03. The van der Waals surface area contributed by atoms with E-state index in [0.29, 0.717) is 12.1 Å². The standard InChI is InChI=1S/C14H21FN2/c1-11(17-8-7-14(10-17)16-2)9-12-3-5-13(15)6-4-12/h3-6,11,14,16H,7-10H2,1-2H3. The summed E-state index contributed by atoms with van der Waals surface area (Å²) < 4.78 is 12.8. The number of likely N-dealkylation sites (N-methyl/N-ethyl adjacent to an activating group) is 1. The van der Waals surface area contributed by atoms with E-state index < -0.39 is 0 Å². The highest BCUT2D eigenvalue weighted by atomic mass is 19.1. The average Bonchev–Trinajstić information content (AvgIpc) is 2.81. The van der Waals surface area contributed by atoms with E-state index in [-0.39, 0.29) is 5.82 Å². The molecule has 0 bridgehead atoms. The van der Waals surface area contributed by atoms with Crippen molar-refractivity contribution >= 4 is 0 Å². The van der Waals surface area contributed by atoms with E-state index in [4.69, 9.17) is 0 Å². The van der Waals surface area contributed by atoms with E-state index in [0.717, 1.165) is 19.5 Å². The van der Waals surface area contributed by atoms with Crippen LogP contribution in [0.4, 0.5) is 4.39 Å². The van der Waals surface area contributed by atoms with Crippen molar-refractivity contribution in [3.63, 3.8) is 0 Å². The van der Waals surface area contributed by atoms with Crippen LogP contribution in [0.15, 0.2) is 24.3 Å². The highest BCUT2D eigenvalue weighted by Crippen LogP contribution is 2.16. The molecule has 0 amide bonds. The molecule has 2 nitrogen and oxygen atoms in total. The minimum atomic E-state index is -0.155. The second-order valence-corrected chi connectivity index (χ2v) is 4.95. The summed E-state index contributed by atoms with van der Waals surface area (Å²) >= 11 is 0. The number of hydrogen-bond donors (Lipinski definition) is 1. The van der Waals surface area contributed by atoms with Crippen molar-refractivity contribution in [2.75, 3.05) is 20.1 Å². The summed E-state index contributed by atoms with van der Waals surface area (Å²) in [4.78, 5) is 2.50. The molecule has 1 heterocycles. The van der Waals surface area contributed by atoms with Gasteiger partial charge in [0.05, 0.1) is 0 Å². The molecule has 2 rings (SSSR count). The monoisotopic (exact) mass is 236 g/mol. The molecule has 1 N–H and O–H groups in total. The molecule has 2 unspecified atom stereocenters. The Kier molecular flexibility index (Phi) is 4.13. The molecule has 2 atom stereocenters. The second-order valence-electron chi connectivity index (χ2n) is 4.95. The van der Waals surface area contributed by atoms with Crippen LogP contribution in [0, 0.1) is 5.82 Å². The summed E-state index contributed by atoms with van der Waals surface area (Å²) in [5.41, 5.74) is 1.21. The van der Waals surface area contributed by atoms with Crippen LogP contribution in [0.2, 0.25) is 0 Å². The van der Waals surface area contributed by atoms with Crippen LogP contribution in [0.3, 0.4) is 0 Å². The maximum absolute atomic E-state index is 12.8. The topological polar surface area (TPSA) is 15.3 Å². The van der Waals surface area contributed by atoms with Gasteiger partial charge in [0.15, 0.2) is 0 Å². The number of likely N-dealkylation sites (tertiary alicyclic amines) is 1. The van der Waals surface area contributed by atoms with Gasteiger partial charge in [0.2, 0.25) is 0 Å². The molecular formula is C14H21FN2. The summed E-state index contributed by atoms with van der Waals surface area (Å²) in [6, 6.07) is 8.02. The summed E-state index contributed by atoms with van der Waals surface area (Å²) in [6.07, 6.45) is 2.22. The molecule has 1 aromatic rings. The maximum atomic E-state index is 12.8. The Morgan fingerprint density at radius 1 is 1.41 bits per heavy atom. The third kappa shape index (κ3) is 3.27. The van der Waals surface area contributed by atoms with E-state index in [2.05, 4.69) is 17.1 Å². The van der Waals surface area contributed by atoms with Crippen molar-refractivity contribution in [2.45, 2.75) is 31.8 Å². The fraction of sp³-hybridized carbons (Fsp3) is 0.571. The summed E-state index contributed by atoms with van der Waals surface area (Å²) in [5, 5.41) is 3.33. The first-order valence-corrected chi connectivity index (χ1v) is 6.35. The zero-order chi connectivity index (χ0) is 12.3. The zero-order valence-corrected chi connectivity index (χ0v) is 10.6. The lowest BCUT2D eigenvalue weighted by molar-refractivity contribution is 0.252. The van der Waals surface area contributed by atoms with Gasteiger partial charge >= 0.3 is 0 Å². The van der Waals surface area contributed by atoms with Gasteiger partial charge in [0.25, 0.3) is 0 Å². The van der Waals surface area contributed by atoms with Crippen LogP contribution in [-0.4, -0.2) is 37.1 Å². The molecule has 94 valence electrons. The Morgan fingerprint density at radius 3 is 2.71 bits per heavy atom. The van der Waals surface area contributed by atoms with E-state index in [1.807, 2.05) is 19.2 Å². The Bertz CT molecular complexity index is 350. The van der Waals surface area contributed by atoms with E-state index in [9.17, 15) is 4.39 Å². The zero-order valence-electron chi connectivity index (χ0n) is 10.6. The molecule has 1 fully saturated rings. The fourth-order valence-electron chi connectivity index (χ4n) is 2.51. The van der Waals surface area contributed by atoms with E-state index in [1.165, 1.54) is 12.0 Å². The van der Waals surface area contributed by atoms with Crippen molar-refractivity contribution in [3.8, 4) is 0 Å². The van der Waals surface area contributed by atoms with Crippen molar-refractivity contribution in [1.29, 1.82) is 0 Å². The predicted octanol–water partition coefficient (Wildman–Crippen LogP) is 2.05. The molecule has 0 saturated carbocycles. The molecule has 17 heavy (non-hydrogen) atoms. The molecule has 0 spiro atoms. The Balaban J connectivity index is 1.89. The van der Waals surface area contributed by atoms with Crippen LogP contribution < -0.4 is 5.32 Å². The third-order valence-electron chi connectivity index (χ3n) is 3.70. The molecule has 1 aromatic carbocycles. The fourth-order valence-corrected chi connectivity index (χ4v) is 2.51. The number of rotatable bonds is 4. The minimum Gasteiger partial charge on any atom is -0.316 e. The molecule has 1 aliphatic heterocycles. The molecule has 1 aliphatic rings. The van der Waals surface area contributed by atoms with Gasteiger partial charge in [0.1, 0.15) is 5.82 Å². The van der Waals surface area contributed by atoms with Gasteiger partial charge in [-0.3, -0.25) is 4.90 Å². The second kappa shape index (κ2) is 5.61. The van der Waals surface area contributed by atoms with Crippen LogP contribution in [0.5, 0.6) is 0 Å². The van der Waals surface area contributed by atoms with Crippen LogP contribution in [-0.2, 0) is 6.42 Å². The van der Waals surface area contributed by atoms with E-state index >= 15 is 0 Å². The highest BCUT2D eigenvalue weighted by molar-refractivity contribution is 5.17. The first kappa shape index (κ1) is 12.5. The molecular weight excluding hydrogens is 215 g/mol. The largest absolute Gasteiger partial charge is 0.316 e. The van der Waals surface area contributed by atoms with Gasteiger partial charge in [-0.05, 0) is 44.5 Å². The quantitative estimate of drug-likeness (QED) is 0.860. The van der Waals surface area contributed by atoms with Gasteiger partial charge in [-0.15, -0.1) is 0 Å². The summed E-state index contributed by atoms with van der Waals surface area (Å²) in [5.74, 6) is -0.155. The predicted molar refractivity (Wildman–Crippen MR) is 68.6 cm³/mol. The number of benzene rings is 1. The molecule has 0 aromatic heterocycles. The Hall–Kier alpha value is -0.930. The Labute approximate surface area is 103 Å². The van der Waals surface area contributed by atoms with Crippen LogP contribution in [0.1, 0.15) is 18.9 Å². The molecule has 0 aliphatic carbocycles. The van der Waals surface area contributed by atoms with Crippen molar-refractivity contribution in [1.82, 2.24) is 10.2 Å². The maximum Gasteiger partial charge on any atom is 0.123 e.